The summed E-state index contributed by atoms with van der Waals surface area (Å²) < 4.78 is 36.2. The third kappa shape index (κ3) is 4.17. The van der Waals surface area contributed by atoms with E-state index in [1.54, 1.807) is 6.92 Å². The van der Waals surface area contributed by atoms with E-state index in [9.17, 15) is 13.2 Å². The fourth-order valence-corrected chi connectivity index (χ4v) is 3.96. The van der Waals surface area contributed by atoms with Crippen LogP contribution in [0.25, 0.3) is 0 Å². The minimum absolute atomic E-state index is 0.0509. The number of nitrogens with one attached hydrogen (secondary N) is 1. The van der Waals surface area contributed by atoms with E-state index in [-0.39, 0.29) is 27.4 Å². The van der Waals surface area contributed by atoms with Crippen molar-refractivity contribution in [1.29, 1.82) is 0 Å². The molecule has 0 radical (unpaired) electrons. The first-order chi connectivity index (χ1) is 9.31. The van der Waals surface area contributed by atoms with Crippen LogP contribution in [0.2, 0.25) is 0 Å². The van der Waals surface area contributed by atoms with Crippen molar-refractivity contribution in [3.05, 3.63) is 10.9 Å². The summed E-state index contributed by atoms with van der Waals surface area (Å²) in [5.41, 5.74) is 5.56. The lowest BCUT2D eigenvalue weighted by Gasteiger charge is -2.08. The van der Waals surface area contributed by atoms with E-state index in [4.69, 9.17) is 10.5 Å². The number of rotatable bonds is 7. The molecule has 9 heteroatoms. The first kappa shape index (κ1) is 16.9. The standard InChI is InChI=1S/C11H18N2O5S2/c1-7(12)4-5-13-20(15,16)11-8(17-2)6-9(19-11)10(14)18-3/h6-7,13H,4-5,12H2,1-3H3. The summed E-state index contributed by atoms with van der Waals surface area (Å²) in [5.74, 6) is -0.492. The summed E-state index contributed by atoms with van der Waals surface area (Å²) in [4.78, 5) is 11.6. The van der Waals surface area contributed by atoms with Crippen molar-refractivity contribution in [3.63, 3.8) is 0 Å². The molecule has 0 amide bonds. The molecule has 0 fully saturated rings. The van der Waals surface area contributed by atoms with Crippen molar-refractivity contribution in [2.45, 2.75) is 23.6 Å². The van der Waals surface area contributed by atoms with Crippen LogP contribution < -0.4 is 15.2 Å². The number of hydrogen-bond donors (Lipinski definition) is 2. The minimum atomic E-state index is -3.74. The van der Waals surface area contributed by atoms with Crippen LogP contribution in [-0.2, 0) is 14.8 Å². The Bertz CT molecular complexity index is 565. The molecule has 1 aromatic heterocycles. The zero-order valence-electron chi connectivity index (χ0n) is 11.5. The highest BCUT2D eigenvalue weighted by molar-refractivity contribution is 7.91. The van der Waals surface area contributed by atoms with Gasteiger partial charge in [0.2, 0.25) is 0 Å². The summed E-state index contributed by atoms with van der Waals surface area (Å²) in [5, 5.41) is 0. The number of esters is 1. The number of sulfonamides is 1. The van der Waals surface area contributed by atoms with Crippen molar-refractivity contribution in [1.82, 2.24) is 4.72 Å². The Kier molecular flexibility index (Phi) is 5.93. The zero-order valence-corrected chi connectivity index (χ0v) is 13.1. The van der Waals surface area contributed by atoms with Gasteiger partial charge in [0.1, 0.15) is 4.88 Å². The number of thiophene rings is 1. The summed E-state index contributed by atoms with van der Waals surface area (Å²) in [6.45, 7) is 2.00. The quantitative estimate of drug-likeness (QED) is 0.710. The molecule has 20 heavy (non-hydrogen) atoms. The summed E-state index contributed by atoms with van der Waals surface area (Å²) in [6.07, 6.45) is 0.511. The van der Waals surface area contributed by atoms with Crippen LogP contribution in [0.15, 0.2) is 10.3 Å². The first-order valence-electron chi connectivity index (χ1n) is 5.83. The molecule has 0 saturated heterocycles. The van der Waals surface area contributed by atoms with Gasteiger partial charge in [-0.2, -0.15) is 0 Å². The third-order valence-electron chi connectivity index (χ3n) is 2.41. The molecule has 1 rings (SSSR count). The lowest BCUT2D eigenvalue weighted by Crippen LogP contribution is -2.28. The number of methoxy groups -OCH3 is 2. The SMILES string of the molecule is COC(=O)c1cc(OC)c(S(=O)(=O)NCCC(C)N)s1. The Morgan fingerprint density at radius 1 is 1.50 bits per heavy atom. The highest BCUT2D eigenvalue weighted by atomic mass is 32.2. The molecular weight excluding hydrogens is 304 g/mol. The molecule has 1 atom stereocenters. The molecule has 0 aliphatic heterocycles. The molecule has 0 spiro atoms. The van der Waals surface area contributed by atoms with E-state index in [0.29, 0.717) is 6.42 Å². The number of ether oxygens (including phenoxy) is 2. The normalized spacial score (nSPS) is 13.0. The number of carbonyl (C=O) groups is 1. The van der Waals surface area contributed by atoms with E-state index >= 15 is 0 Å². The predicted octanol–water partition coefficient (Wildman–Crippen LogP) is 0.559. The average Bonchev–Trinajstić information content (AvgIpc) is 2.82. The van der Waals surface area contributed by atoms with Gasteiger partial charge in [-0.1, -0.05) is 0 Å². The summed E-state index contributed by atoms with van der Waals surface area (Å²) in [6, 6.07) is 1.24. The van der Waals surface area contributed by atoms with E-state index in [0.717, 1.165) is 11.3 Å². The van der Waals surface area contributed by atoms with E-state index in [1.807, 2.05) is 0 Å². The smallest absolute Gasteiger partial charge is 0.348 e. The fourth-order valence-electron chi connectivity index (χ4n) is 1.37. The van der Waals surface area contributed by atoms with Crippen LogP contribution in [0.5, 0.6) is 5.75 Å². The molecular formula is C11H18N2O5S2. The molecule has 0 aliphatic carbocycles. The maximum Gasteiger partial charge on any atom is 0.348 e. The van der Waals surface area contributed by atoms with Gasteiger partial charge in [0.25, 0.3) is 10.0 Å². The Morgan fingerprint density at radius 3 is 2.65 bits per heavy atom. The number of hydrogen-bond acceptors (Lipinski definition) is 7. The van der Waals surface area contributed by atoms with Gasteiger partial charge >= 0.3 is 5.97 Å². The average molecular weight is 322 g/mol. The van der Waals surface area contributed by atoms with Crippen molar-refractivity contribution in [2.24, 2.45) is 5.73 Å². The lowest BCUT2D eigenvalue weighted by atomic mass is 10.3. The topological polar surface area (TPSA) is 108 Å². The van der Waals surface area contributed by atoms with Gasteiger partial charge in [0.15, 0.2) is 9.96 Å². The monoisotopic (exact) mass is 322 g/mol. The number of nitrogens with two attached hydrogens (primary N) is 1. The Morgan fingerprint density at radius 2 is 2.15 bits per heavy atom. The Hall–Kier alpha value is -1.16. The fraction of sp³-hybridized carbons (Fsp3) is 0.545. The second kappa shape index (κ2) is 7.02. The Labute approximate surface area is 122 Å². The van der Waals surface area contributed by atoms with Gasteiger partial charge in [-0.05, 0) is 13.3 Å². The van der Waals surface area contributed by atoms with Crippen LogP contribution in [0, 0.1) is 0 Å². The maximum absolute atomic E-state index is 12.1. The number of carbonyl (C=O) groups excluding carboxylic acids is 1. The summed E-state index contributed by atoms with van der Waals surface area (Å²) >= 11 is 0.801. The zero-order chi connectivity index (χ0) is 15.3. The van der Waals surface area contributed by atoms with E-state index in [2.05, 4.69) is 9.46 Å². The molecule has 3 N–H and O–H groups in total. The van der Waals surface area contributed by atoms with Gasteiger partial charge < -0.3 is 15.2 Å². The van der Waals surface area contributed by atoms with Gasteiger partial charge in [-0.3, -0.25) is 0 Å². The van der Waals surface area contributed by atoms with E-state index < -0.39 is 16.0 Å². The molecule has 114 valence electrons. The lowest BCUT2D eigenvalue weighted by molar-refractivity contribution is 0.0606. The Balaban J connectivity index is 2.98. The van der Waals surface area contributed by atoms with Gasteiger partial charge in [0, 0.05) is 18.7 Å². The summed E-state index contributed by atoms with van der Waals surface area (Å²) in [7, 11) is -1.18. The molecule has 1 aromatic rings. The highest BCUT2D eigenvalue weighted by Crippen LogP contribution is 2.33. The van der Waals surface area contributed by atoms with Gasteiger partial charge in [-0.25, -0.2) is 17.9 Å². The van der Waals surface area contributed by atoms with Gasteiger partial charge in [-0.15, -0.1) is 11.3 Å². The molecule has 1 heterocycles. The molecule has 1 unspecified atom stereocenters. The highest BCUT2D eigenvalue weighted by Gasteiger charge is 2.25. The molecule has 0 aliphatic rings. The van der Waals surface area contributed by atoms with Crippen molar-refractivity contribution in [3.8, 4) is 5.75 Å². The second-order valence-corrected chi connectivity index (χ2v) is 7.14. The van der Waals surface area contributed by atoms with Crippen LogP contribution in [0.1, 0.15) is 23.0 Å². The first-order valence-corrected chi connectivity index (χ1v) is 8.13. The predicted molar refractivity (Wildman–Crippen MR) is 75.7 cm³/mol. The van der Waals surface area contributed by atoms with Crippen LogP contribution >= 0.6 is 11.3 Å². The minimum Gasteiger partial charge on any atom is -0.494 e. The van der Waals surface area contributed by atoms with Gasteiger partial charge in [0.05, 0.1) is 14.2 Å². The maximum atomic E-state index is 12.1. The van der Waals surface area contributed by atoms with Crippen LogP contribution in [-0.4, -0.2) is 41.2 Å². The largest absolute Gasteiger partial charge is 0.494 e. The van der Waals surface area contributed by atoms with Crippen molar-refractivity contribution >= 4 is 27.3 Å². The van der Waals surface area contributed by atoms with Crippen molar-refractivity contribution < 1.29 is 22.7 Å². The third-order valence-corrected chi connectivity index (χ3v) is 5.48. The van der Waals surface area contributed by atoms with Crippen molar-refractivity contribution in [2.75, 3.05) is 20.8 Å². The van der Waals surface area contributed by atoms with Crippen LogP contribution in [0.3, 0.4) is 0 Å². The van der Waals surface area contributed by atoms with E-state index in [1.165, 1.54) is 20.3 Å². The molecule has 0 saturated carbocycles. The molecule has 0 aromatic carbocycles. The molecule has 0 bridgehead atoms. The molecule has 7 nitrogen and oxygen atoms in total. The van der Waals surface area contributed by atoms with Crippen LogP contribution in [0.4, 0.5) is 0 Å². The second-order valence-electron chi connectivity index (χ2n) is 4.12.